The lowest BCUT2D eigenvalue weighted by molar-refractivity contribution is -0.385. The van der Waals surface area contributed by atoms with Gasteiger partial charge in [0, 0.05) is 6.61 Å². The topological polar surface area (TPSA) is 128 Å². The molecule has 1 aliphatic heterocycles. The lowest BCUT2D eigenvalue weighted by Crippen LogP contribution is -2.41. The third kappa shape index (κ3) is 2.49. The van der Waals surface area contributed by atoms with Crippen LogP contribution in [0.4, 0.5) is 17.5 Å². The van der Waals surface area contributed by atoms with E-state index < -0.39 is 10.5 Å². The summed E-state index contributed by atoms with van der Waals surface area (Å²) in [5.74, 6) is 5.56. The number of hydrogen-bond donors (Lipinski definition) is 3. The van der Waals surface area contributed by atoms with Crippen LogP contribution in [-0.2, 0) is 4.74 Å². The highest BCUT2D eigenvalue weighted by atomic mass is 16.6. The molecular formula is C11H18N6O3. The minimum atomic E-state index is -0.498. The predicted molar refractivity (Wildman–Crippen MR) is 73.3 cm³/mol. The number of hydrogen-bond acceptors (Lipinski definition) is 8. The summed E-state index contributed by atoms with van der Waals surface area (Å²) in [6.45, 7) is 6.01. The Morgan fingerprint density at radius 1 is 1.55 bits per heavy atom. The molecule has 0 bridgehead atoms. The zero-order valence-corrected chi connectivity index (χ0v) is 11.6. The van der Waals surface area contributed by atoms with Gasteiger partial charge in [0.05, 0.1) is 16.6 Å². The summed E-state index contributed by atoms with van der Waals surface area (Å²) >= 11 is 0. The summed E-state index contributed by atoms with van der Waals surface area (Å²) in [6, 6.07) is 0. The number of anilines is 2. The molecule has 2 heterocycles. The number of nitrogens with zero attached hydrogens (tertiary/aromatic N) is 3. The van der Waals surface area contributed by atoms with E-state index in [9.17, 15) is 10.1 Å². The number of nitrogen functional groups attached to an aromatic ring is 1. The highest BCUT2D eigenvalue weighted by molar-refractivity contribution is 5.62. The van der Waals surface area contributed by atoms with Crippen molar-refractivity contribution in [2.75, 3.05) is 17.3 Å². The number of nitro groups is 1. The minimum absolute atomic E-state index is 0.0772. The summed E-state index contributed by atoms with van der Waals surface area (Å²) in [4.78, 5) is 18.7. The molecule has 2 atom stereocenters. The minimum Gasteiger partial charge on any atom is -0.376 e. The molecule has 2 rings (SSSR count). The Balaban J connectivity index is 2.44. The van der Waals surface area contributed by atoms with Crippen LogP contribution in [0.3, 0.4) is 0 Å². The molecule has 1 aliphatic rings. The van der Waals surface area contributed by atoms with Crippen LogP contribution in [0.5, 0.6) is 0 Å². The molecule has 110 valence electrons. The van der Waals surface area contributed by atoms with Gasteiger partial charge >= 0.3 is 5.69 Å². The molecule has 0 aliphatic carbocycles. The quantitative estimate of drug-likeness (QED) is 0.423. The monoisotopic (exact) mass is 282 g/mol. The van der Waals surface area contributed by atoms with Gasteiger partial charge in [-0.1, -0.05) is 0 Å². The van der Waals surface area contributed by atoms with Crippen LogP contribution < -0.4 is 16.6 Å². The first kappa shape index (κ1) is 14.4. The zero-order valence-electron chi connectivity index (χ0n) is 11.6. The maximum Gasteiger partial charge on any atom is 0.332 e. The molecular weight excluding hydrogens is 264 g/mol. The first-order valence-electron chi connectivity index (χ1n) is 6.27. The Labute approximate surface area is 116 Å². The molecule has 9 nitrogen and oxygen atoms in total. The Morgan fingerprint density at radius 2 is 2.25 bits per heavy atom. The number of aromatic nitrogens is 2. The number of aryl methyl sites for hydroxylation is 1. The third-order valence-electron chi connectivity index (χ3n) is 3.66. The van der Waals surface area contributed by atoms with Crippen molar-refractivity contribution in [1.82, 2.24) is 9.97 Å². The number of rotatable bonds is 4. The normalized spacial score (nSPS) is 25.5. The smallest absolute Gasteiger partial charge is 0.332 e. The molecule has 0 amide bonds. The highest BCUT2D eigenvalue weighted by Crippen LogP contribution is 2.34. The maximum atomic E-state index is 11.2. The second-order valence-corrected chi connectivity index (χ2v) is 5.04. The van der Waals surface area contributed by atoms with Crippen molar-refractivity contribution in [3.63, 3.8) is 0 Å². The van der Waals surface area contributed by atoms with Crippen molar-refractivity contribution < 1.29 is 9.66 Å². The summed E-state index contributed by atoms with van der Waals surface area (Å²) in [6.07, 6.45) is 0.659. The van der Waals surface area contributed by atoms with Crippen LogP contribution in [0.2, 0.25) is 0 Å². The Hall–Kier alpha value is -2.00. The van der Waals surface area contributed by atoms with E-state index in [4.69, 9.17) is 10.6 Å². The van der Waals surface area contributed by atoms with E-state index in [1.54, 1.807) is 6.92 Å². The average Bonchev–Trinajstić information content (AvgIpc) is 2.68. The third-order valence-corrected chi connectivity index (χ3v) is 3.66. The molecule has 20 heavy (non-hydrogen) atoms. The molecule has 0 saturated carbocycles. The van der Waals surface area contributed by atoms with Gasteiger partial charge in [-0.2, -0.15) is 4.98 Å². The highest BCUT2D eigenvalue weighted by Gasteiger charge is 2.39. The number of nitrogens with one attached hydrogen (secondary N) is 2. The lowest BCUT2D eigenvalue weighted by Gasteiger charge is -2.29. The van der Waals surface area contributed by atoms with Gasteiger partial charge in [-0.3, -0.25) is 15.5 Å². The molecule has 0 spiro atoms. The second kappa shape index (κ2) is 5.17. The molecule has 1 aromatic heterocycles. The fraction of sp³-hybridized carbons (Fsp3) is 0.636. The van der Waals surface area contributed by atoms with E-state index in [1.165, 1.54) is 0 Å². The lowest BCUT2D eigenvalue weighted by atomic mass is 9.94. The average molecular weight is 282 g/mol. The SMILES string of the molecule is Cc1nc(NN)nc(NC2(C)CCOC2C)c1[N+](=O)[O-]. The Morgan fingerprint density at radius 3 is 2.75 bits per heavy atom. The van der Waals surface area contributed by atoms with Gasteiger partial charge in [-0.15, -0.1) is 0 Å². The van der Waals surface area contributed by atoms with Crippen LogP contribution >= 0.6 is 0 Å². The van der Waals surface area contributed by atoms with E-state index in [2.05, 4.69) is 20.7 Å². The van der Waals surface area contributed by atoms with Gasteiger partial charge in [0.1, 0.15) is 5.69 Å². The van der Waals surface area contributed by atoms with E-state index in [1.807, 2.05) is 13.8 Å². The number of hydrazine groups is 1. The van der Waals surface area contributed by atoms with Gasteiger partial charge in [-0.05, 0) is 27.2 Å². The van der Waals surface area contributed by atoms with Crippen LogP contribution in [0.1, 0.15) is 26.0 Å². The standard InChI is InChI=1S/C11H18N6O3/c1-6-8(17(18)19)9(14-10(13-6)16-12)15-11(3)4-5-20-7(11)2/h7H,4-5,12H2,1-3H3,(H2,13,14,15,16). The van der Waals surface area contributed by atoms with Crippen molar-refractivity contribution in [2.45, 2.75) is 38.8 Å². The summed E-state index contributed by atoms with van der Waals surface area (Å²) in [5, 5.41) is 14.3. The molecule has 9 heteroatoms. The molecule has 1 aromatic rings. The van der Waals surface area contributed by atoms with Crippen molar-refractivity contribution in [1.29, 1.82) is 0 Å². The van der Waals surface area contributed by atoms with Crippen molar-refractivity contribution >= 4 is 17.5 Å². The van der Waals surface area contributed by atoms with Crippen LogP contribution in [0.15, 0.2) is 0 Å². The van der Waals surface area contributed by atoms with E-state index in [-0.39, 0.29) is 29.3 Å². The first-order valence-corrected chi connectivity index (χ1v) is 6.27. The van der Waals surface area contributed by atoms with Crippen LogP contribution in [0, 0.1) is 17.0 Å². The zero-order chi connectivity index (χ0) is 14.9. The Bertz CT molecular complexity index is 537. The van der Waals surface area contributed by atoms with Crippen LogP contribution in [0.25, 0.3) is 0 Å². The fourth-order valence-corrected chi connectivity index (χ4v) is 2.21. The summed E-state index contributed by atoms with van der Waals surface area (Å²) < 4.78 is 5.51. The molecule has 4 N–H and O–H groups in total. The first-order chi connectivity index (χ1) is 9.37. The summed E-state index contributed by atoms with van der Waals surface area (Å²) in [7, 11) is 0. The second-order valence-electron chi connectivity index (χ2n) is 5.04. The molecule has 2 unspecified atom stereocenters. The summed E-state index contributed by atoms with van der Waals surface area (Å²) in [5.41, 5.74) is 1.98. The van der Waals surface area contributed by atoms with Gasteiger partial charge in [-0.25, -0.2) is 10.8 Å². The van der Waals surface area contributed by atoms with E-state index in [0.717, 1.165) is 6.42 Å². The van der Waals surface area contributed by atoms with E-state index in [0.29, 0.717) is 6.61 Å². The molecule has 0 radical (unpaired) electrons. The fourth-order valence-electron chi connectivity index (χ4n) is 2.21. The van der Waals surface area contributed by atoms with Gasteiger partial charge in [0.15, 0.2) is 0 Å². The molecule has 0 aromatic carbocycles. The number of nitrogens with two attached hydrogens (primary N) is 1. The largest absolute Gasteiger partial charge is 0.376 e. The van der Waals surface area contributed by atoms with Crippen molar-refractivity contribution in [3.8, 4) is 0 Å². The van der Waals surface area contributed by atoms with Crippen LogP contribution in [-0.4, -0.2) is 33.1 Å². The van der Waals surface area contributed by atoms with Gasteiger partial charge in [0.25, 0.3) is 0 Å². The number of ether oxygens (including phenoxy) is 1. The Kier molecular flexibility index (Phi) is 3.73. The van der Waals surface area contributed by atoms with E-state index >= 15 is 0 Å². The molecule has 1 saturated heterocycles. The van der Waals surface area contributed by atoms with Crippen molar-refractivity contribution in [2.24, 2.45) is 5.84 Å². The predicted octanol–water partition coefficient (Wildman–Crippen LogP) is 0.958. The van der Waals surface area contributed by atoms with Crippen molar-refractivity contribution in [3.05, 3.63) is 15.8 Å². The van der Waals surface area contributed by atoms with Gasteiger partial charge in [0.2, 0.25) is 11.8 Å². The van der Waals surface area contributed by atoms with Gasteiger partial charge < -0.3 is 10.1 Å². The maximum absolute atomic E-state index is 11.2. The molecule has 1 fully saturated rings.